The summed E-state index contributed by atoms with van der Waals surface area (Å²) in [4.78, 5) is 20.7. The van der Waals surface area contributed by atoms with Crippen LogP contribution >= 0.6 is 0 Å². The number of rotatable bonds is 3. The Balaban J connectivity index is 1.59. The van der Waals surface area contributed by atoms with Crippen molar-refractivity contribution in [3.63, 3.8) is 0 Å². The molecule has 0 unspecified atom stereocenters. The van der Waals surface area contributed by atoms with Crippen LogP contribution in [0, 0.1) is 0 Å². The number of fused-ring (bicyclic) bond motifs is 1. The highest BCUT2D eigenvalue weighted by Crippen LogP contribution is 2.26. The van der Waals surface area contributed by atoms with Crippen LogP contribution in [-0.4, -0.2) is 55.2 Å². The lowest BCUT2D eigenvalue weighted by atomic mass is 10.2. The summed E-state index contributed by atoms with van der Waals surface area (Å²) < 4.78 is 0. The van der Waals surface area contributed by atoms with Gasteiger partial charge in [-0.1, -0.05) is 18.2 Å². The van der Waals surface area contributed by atoms with E-state index in [0.29, 0.717) is 0 Å². The van der Waals surface area contributed by atoms with E-state index < -0.39 is 0 Å². The van der Waals surface area contributed by atoms with Crippen LogP contribution in [0.2, 0.25) is 0 Å². The smallest absolute Gasteiger partial charge is 0.228 e. The standard InChI is InChI=1S/C19H22N6/c1-23(2)18-15-7-3-4-8-16(15)21-19(22-18)25-13-11-24(12-14-25)17-9-5-6-10-20-17/h3-10H,11-14H2,1-2H3. The molecule has 1 aliphatic rings. The SMILES string of the molecule is CN(C)c1nc(N2CCN(c3ccccn3)CC2)nc2ccccc12. The predicted octanol–water partition coefficient (Wildman–Crippen LogP) is 2.42. The Morgan fingerprint density at radius 1 is 0.840 bits per heavy atom. The average Bonchev–Trinajstić information content (AvgIpc) is 2.68. The quantitative estimate of drug-likeness (QED) is 0.733. The Bertz CT molecular complexity index is 856. The van der Waals surface area contributed by atoms with Crippen molar-refractivity contribution >= 4 is 28.5 Å². The molecule has 0 saturated carbocycles. The van der Waals surface area contributed by atoms with Gasteiger partial charge in [0.25, 0.3) is 0 Å². The summed E-state index contributed by atoms with van der Waals surface area (Å²) in [6, 6.07) is 14.2. The lowest BCUT2D eigenvalue weighted by molar-refractivity contribution is 0.635. The van der Waals surface area contributed by atoms with E-state index in [0.717, 1.165) is 54.7 Å². The van der Waals surface area contributed by atoms with Crippen LogP contribution in [0.25, 0.3) is 10.9 Å². The molecular weight excluding hydrogens is 312 g/mol. The lowest BCUT2D eigenvalue weighted by Gasteiger charge is -2.35. The first-order chi connectivity index (χ1) is 12.2. The summed E-state index contributed by atoms with van der Waals surface area (Å²) in [6.07, 6.45) is 1.84. The lowest BCUT2D eigenvalue weighted by Crippen LogP contribution is -2.47. The zero-order chi connectivity index (χ0) is 17.2. The number of hydrogen-bond acceptors (Lipinski definition) is 6. The van der Waals surface area contributed by atoms with Gasteiger partial charge in [0.2, 0.25) is 5.95 Å². The van der Waals surface area contributed by atoms with Crippen molar-refractivity contribution < 1.29 is 0 Å². The molecule has 0 aliphatic carbocycles. The van der Waals surface area contributed by atoms with Gasteiger partial charge >= 0.3 is 0 Å². The summed E-state index contributed by atoms with van der Waals surface area (Å²) in [5, 5.41) is 1.09. The van der Waals surface area contributed by atoms with Gasteiger partial charge < -0.3 is 14.7 Å². The monoisotopic (exact) mass is 334 g/mol. The van der Waals surface area contributed by atoms with Crippen molar-refractivity contribution in [1.29, 1.82) is 0 Å². The number of benzene rings is 1. The fourth-order valence-corrected chi connectivity index (χ4v) is 3.21. The number of aromatic nitrogens is 3. The number of nitrogens with zero attached hydrogens (tertiary/aromatic N) is 6. The summed E-state index contributed by atoms with van der Waals surface area (Å²) in [6.45, 7) is 3.62. The summed E-state index contributed by atoms with van der Waals surface area (Å²) in [5.41, 5.74) is 0.989. The first-order valence-corrected chi connectivity index (χ1v) is 8.57. The minimum atomic E-state index is 0.808. The highest BCUT2D eigenvalue weighted by molar-refractivity contribution is 5.90. The van der Waals surface area contributed by atoms with E-state index >= 15 is 0 Å². The molecule has 128 valence electrons. The summed E-state index contributed by atoms with van der Waals surface area (Å²) >= 11 is 0. The van der Waals surface area contributed by atoms with E-state index in [1.807, 2.05) is 44.6 Å². The molecule has 0 radical (unpaired) electrons. The van der Waals surface area contributed by atoms with Crippen LogP contribution in [0.3, 0.4) is 0 Å². The van der Waals surface area contributed by atoms with Gasteiger partial charge in [-0.25, -0.2) is 9.97 Å². The van der Waals surface area contributed by atoms with Crippen molar-refractivity contribution in [1.82, 2.24) is 15.0 Å². The molecule has 1 saturated heterocycles. The Morgan fingerprint density at radius 2 is 1.56 bits per heavy atom. The van der Waals surface area contributed by atoms with Crippen LogP contribution in [0.4, 0.5) is 17.6 Å². The number of anilines is 3. The van der Waals surface area contributed by atoms with E-state index in [9.17, 15) is 0 Å². The molecule has 25 heavy (non-hydrogen) atoms. The molecule has 3 heterocycles. The van der Waals surface area contributed by atoms with Gasteiger partial charge in [-0.05, 0) is 24.3 Å². The summed E-state index contributed by atoms with van der Waals surface area (Å²) in [7, 11) is 4.05. The average molecular weight is 334 g/mol. The molecule has 1 fully saturated rings. The largest absolute Gasteiger partial charge is 0.362 e. The highest BCUT2D eigenvalue weighted by atomic mass is 15.3. The molecule has 4 rings (SSSR count). The number of piperazine rings is 1. The number of hydrogen-bond donors (Lipinski definition) is 0. The molecule has 6 nitrogen and oxygen atoms in total. The minimum absolute atomic E-state index is 0.808. The normalized spacial score (nSPS) is 14.8. The highest BCUT2D eigenvalue weighted by Gasteiger charge is 2.21. The fraction of sp³-hybridized carbons (Fsp3) is 0.316. The van der Waals surface area contributed by atoms with Crippen molar-refractivity contribution in [3.05, 3.63) is 48.7 Å². The summed E-state index contributed by atoms with van der Waals surface area (Å²) in [5.74, 6) is 2.81. The van der Waals surface area contributed by atoms with Crippen molar-refractivity contribution in [3.8, 4) is 0 Å². The van der Waals surface area contributed by atoms with Crippen LogP contribution in [0.5, 0.6) is 0 Å². The predicted molar refractivity (Wildman–Crippen MR) is 103 cm³/mol. The minimum Gasteiger partial charge on any atom is -0.362 e. The molecule has 2 aromatic heterocycles. The fourth-order valence-electron chi connectivity index (χ4n) is 3.21. The van der Waals surface area contributed by atoms with Crippen LogP contribution in [-0.2, 0) is 0 Å². The maximum absolute atomic E-state index is 4.83. The second-order valence-electron chi connectivity index (χ2n) is 6.42. The first kappa shape index (κ1) is 15.6. The number of para-hydroxylation sites is 1. The van der Waals surface area contributed by atoms with Gasteiger partial charge in [0, 0.05) is 51.9 Å². The zero-order valence-electron chi connectivity index (χ0n) is 14.6. The topological polar surface area (TPSA) is 48.4 Å². The molecule has 1 aliphatic heterocycles. The molecule has 0 bridgehead atoms. The third-order valence-corrected chi connectivity index (χ3v) is 4.53. The van der Waals surface area contributed by atoms with Gasteiger partial charge in [-0.3, -0.25) is 0 Å². The molecule has 0 atom stereocenters. The molecule has 0 amide bonds. The number of pyridine rings is 1. The van der Waals surface area contributed by atoms with E-state index in [2.05, 4.69) is 37.9 Å². The zero-order valence-corrected chi connectivity index (χ0v) is 14.6. The second-order valence-corrected chi connectivity index (χ2v) is 6.42. The van der Waals surface area contributed by atoms with Gasteiger partial charge in [0.1, 0.15) is 11.6 Å². The Labute approximate surface area is 147 Å². The van der Waals surface area contributed by atoms with Gasteiger partial charge in [-0.15, -0.1) is 0 Å². The van der Waals surface area contributed by atoms with E-state index in [1.54, 1.807) is 0 Å². The third kappa shape index (κ3) is 3.07. The Hall–Kier alpha value is -2.89. The van der Waals surface area contributed by atoms with E-state index in [4.69, 9.17) is 9.97 Å². The molecule has 3 aromatic rings. The Kier molecular flexibility index (Phi) is 4.09. The first-order valence-electron chi connectivity index (χ1n) is 8.57. The van der Waals surface area contributed by atoms with Gasteiger partial charge in [-0.2, -0.15) is 4.98 Å². The van der Waals surface area contributed by atoms with Crippen molar-refractivity contribution in [2.24, 2.45) is 0 Å². The Morgan fingerprint density at radius 3 is 2.28 bits per heavy atom. The molecule has 1 aromatic carbocycles. The van der Waals surface area contributed by atoms with E-state index in [1.165, 1.54) is 0 Å². The molecular formula is C19H22N6. The molecule has 6 heteroatoms. The van der Waals surface area contributed by atoms with Gasteiger partial charge in [0.05, 0.1) is 5.52 Å². The van der Waals surface area contributed by atoms with Crippen LogP contribution in [0.15, 0.2) is 48.7 Å². The van der Waals surface area contributed by atoms with Gasteiger partial charge in [0.15, 0.2) is 0 Å². The van der Waals surface area contributed by atoms with Crippen LogP contribution < -0.4 is 14.7 Å². The van der Waals surface area contributed by atoms with Crippen LogP contribution in [0.1, 0.15) is 0 Å². The molecule has 0 N–H and O–H groups in total. The maximum Gasteiger partial charge on any atom is 0.228 e. The van der Waals surface area contributed by atoms with Crippen molar-refractivity contribution in [2.75, 3.05) is 55.0 Å². The third-order valence-electron chi connectivity index (χ3n) is 4.53. The van der Waals surface area contributed by atoms with E-state index in [-0.39, 0.29) is 0 Å². The second kappa shape index (κ2) is 6.55. The molecule has 0 spiro atoms. The maximum atomic E-state index is 4.83. The van der Waals surface area contributed by atoms with Crippen molar-refractivity contribution in [2.45, 2.75) is 0 Å².